The van der Waals surface area contributed by atoms with Crippen molar-refractivity contribution in [2.75, 3.05) is 44.0 Å². The number of carbonyl (C=O) groups is 2. The normalized spacial score (nSPS) is 14.3. The minimum atomic E-state index is -0.122. The third kappa shape index (κ3) is 5.66. The average molecular weight is 430 g/mol. The number of carbonyl (C=O) groups excluding carboxylic acids is 2. The van der Waals surface area contributed by atoms with E-state index < -0.39 is 0 Å². The summed E-state index contributed by atoms with van der Waals surface area (Å²) in [5, 5.41) is 3.60. The van der Waals surface area contributed by atoms with Gasteiger partial charge in [0.15, 0.2) is 0 Å². The molecular weight excluding hydrogens is 402 g/mol. The summed E-state index contributed by atoms with van der Waals surface area (Å²) in [5.74, 6) is 0.678. The first kappa shape index (κ1) is 22.0. The van der Waals surface area contributed by atoms with E-state index in [1.54, 1.807) is 6.07 Å². The Hall–Kier alpha value is -2.73. The molecule has 1 saturated heterocycles. The standard InChI is InChI=1S/C23H28ClN3O3/c1-26(2)22-19(24)9-6-10-20(22)25-23(29)17-11-14-27(15-12-17)21(28)13-16-30-18-7-4-3-5-8-18/h3-10,17H,11-16H2,1-2H3,(H,25,29). The number of ether oxygens (including phenoxy) is 1. The highest BCUT2D eigenvalue weighted by Gasteiger charge is 2.28. The Labute approximate surface area is 182 Å². The van der Waals surface area contributed by atoms with Gasteiger partial charge in [0, 0.05) is 33.1 Å². The van der Waals surface area contributed by atoms with Crippen molar-refractivity contribution in [1.29, 1.82) is 0 Å². The first-order chi connectivity index (χ1) is 14.5. The molecule has 7 heteroatoms. The van der Waals surface area contributed by atoms with Crippen LogP contribution < -0.4 is 15.0 Å². The second-order valence-electron chi connectivity index (χ2n) is 7.59. The van der Waals surface area contributed by atoms with E-state index in [1.165, 1.54) is 0 Å². The molecule has 0 unspecified atom stereocenters. The van der Waals surface area contributed by atoms with E-state index in [2.05, 4.69) is 5.32 Å². The molecule has 0 saturated carbocycles. The van der Waals surface area contributed by atoms with Crippen LogP contribution in [0.4, 0.5) is 11.4 Å². The average Bonchev–Trinajstić information content (AvgIpc) is 2.74. The van der Waals surface area contributed by atoms with Crippen molar-refractivity contribution in [3.8, 4) is 5.75 Å². The van der Waals surface area contributed by atoms with Crippen molar-refractivity contribution in [3.63, 3.8) is 0 Å². The Morgan fingerprint density at radius 2 is 1.80 bits per heavy atom. The maximum absolute atomic E-state index is 12.8. The fourth-order valence-corrected chi connectivity index (χ4v) is 3.97. The van der Waals surface area contributed by atoms with Crippen LogP contribution in [0.5, 0.6) is 5.75 Å². The first-order valence-electron chi connectivity index (χ1n) is 10.2. The van der Waals surface area contributed by atoms with Gasteiger partial charge in [-0.2, -0.15) is 0 Å². The number of hydrogen-bond donors (Lipinski definition) is 1. The zero-order valence-corrected chi connectivity index (χ0v) is 18.2. The van der Waals surface area contributed by atoms with Crippen molar-refractivity contribution in [2.45, 2.75) is 19.3 Å². The van der Waals surface area contributed by atoms with Crippen LogP contribution in [0.3, 0.4) is 0 Å². The van der Waals surface area contributed by atoms with E-state index in [0.717, 1.165) is 11.4 Å². The smallest absolute Gasteiger partial charge is 0.227 e. The topological polar surface area (TPSA) is 61.9 Å². The molecule has 1 heterocycles. The van der Waals surface area contributed by atoms with Gasteiger partial charge in [0.2, 0.25) is 11.8 Å². The second-order valence-corrected chi connectivity index (χ2v) is 7.99. The second kappa shape index (κ2) is 10.3. The predicted octanol–water partition coefficient (Wildman–Crippen LogP) is 4.05. The van der Waals surface area contributed by atoms with Crippen LogP contribution in [-0.4, -0.2) is 50.5 Å². The number of anilines is 2. The van der Waals surface area contributed by atoms with Crippen molar-refractivity contribution in [1.82, 2.24) is 4.90 Å². The van der Waals surface area contributed by atoms with E-state index in [0.29, 0.717) is 49.7 Å². The Morgan fingerprint density at radius 3 is 2.47 bits per heavy atom. The summed E-state index contributed by atoms with van der Waals surface area (Å²) in [6, 6.07) is 14.9. The third-order valence-electron chi connectivity index (χ3n) is 5.24. The number of amides is 2. The summed E-state index contributed by atoms with van der Waals surface area (Å²) in [7, 11) is 3.78. The minimum Gasteiger partial charge on any atom is -0.493 e. The molecule has 30 heavy (non-hydrogen) atoms. The largest absolute Gasteiger partial charge is 0.493 e. The van der Waals surface area contributed by atoms with E-state index in [-0.39, 0.29) is 17.7 Å². The Kier molecular flexibility index (Phi) is 7.57. The summed E-state index contributed by atoms with van der Waals surface area (Å²) < 4.78 is 5.61. The summed E-state index contributed by atoms with van der Waals surface area (Å²) in [5.41, 5.74) is 1.49. The number of rotatable bonds is 7. The molecule has 1 aliphatic rings. The van der Waals surface area contributed by atoms with Crippen LogP contribution in [0, 0.1) is 5.92 Å². The molecule has 1 fully saturated rings. The molecule has 0 aromatic heterocycles. The quantitative estimate of drug-likeness (QED) is 0.721. The molecule has 1 N–H and O–H groups in total. The fraction of sp³-hybridized carbons (Fsp3) is 0.391. The van der Waals surface area contributed by atoms with E-state index in [1.807, 2.05) is 66.4 Å². The molecule has 0 spiro atoms. The van der Waals surface area contributed by atoms with Crippen LogP contribution in [-0.2, 0) is 9.59 Å². The van der Waals surface area contributed by atoms with Gasteiger partial charge < -0.3 is 19.9 Å². The number of hydrogen-bond acceptors (Lipinski definition) is 4. The summed E-state index contributed by atoms with van der Waals surface area (Å²) in [6.07, 6.45) is 1.63. The summed E-state index contributed by atoms with van der Waals surface area (Å²) >= 11 is 6.28. The maximum atomic E-state index is 12.8. The molecule has 0 aliphatic carbocycles. The molecule has 2 aromatic carbocycles. The highest BCUT2D eigenvalue weighted by molar-refractivity contribution is 6.34. The first-order valence-corrected chi connectivity index (χ1v) is 10.6. The van der Waals surface area contributed by atoms with E-state index in [9.17, 15) is 9.59 Å². The highest BCUT2D eigenvalue weighted by atomic mass is 35.5. The summed E-state index contributed by atoms with van der Waals surface area (Å²) in [6.45, 7) is 1.52. The maximum Gasteiger partial charge on any atom is 0.227 e. The van der Waals surface area contributed by atoms with Gasteiger partial charge in [0.05, 0.1) is 29.4 Å². The highest BCUT2D eigenvalue weighted by Crippen LogP contribution is 2.33. The Bertz CT molecular complexity index is 865. The van der Waals surface area contributed by atoms with Crippen molar-refractivity contribution in [3.05, 3.63) is 53.6 Å². The summed E-state index contributed by atoms with van der Waals surface area (Å²) in [4.78, 5) is 28.9. The third-order valence-corrected chi connectivity index (χ3v) is 5.54. The predicted molar refractivity (Wildman–Crippen MR) is 120 cm³/mol. The van der Waals surface area contributed by atoms with Gasteiger partial charge in [-0.3, -0.25) is 9.59 Å². The van der Waals surface area contributed by atoms with Crippen LogP contribution in [0.15, 0.2) is 48.5 Å². The lowest BCUT2D eigenvalue weighted by Gasteiger charge is -2.31. The molecule has 1 aliphatic heterocycles. The molecule has 0 atom stereocenters. The van der Waals surface area contributed by atoms with Gasteiger partial charge in [-0.25, -0.2) is 0 Å². The van der Waals surface area contributed by atoms with Crippen molar-refractivity contribution in [2.24, 2.45) is 5.92 Å². The number of nitrogens with zero attached hydrogens (tertiary/aromatic N) is 2. The molecule has 6 nitrogen and oxygen atoms in total. The van der Waals surface area contributed by atoms with Crippen LogP contribution in [0.2, 0.25) is 5.02 Å². The number of nitrogens with one attached hydrogen (secondary N) is 1. The molecule has 0 radical (unpaired) electrons. The lowest BCUT2D eigenvalue weighted by molar-refractivity contribution is -0.135. The lowest BCUT2D eigenvalue weighted by Crippen LogP contribution is -2.41. The zero-order chi connectivity index (χ0) is 21.5. The molecule has 0 bridgehead atoms. The van der Waals surface area contributed by atoms with Gasteiger partial charge in [-0.1, -0.05) is 35.9 Å². The molecular formula is C23H28ClN3O3. The van der Waals surface area contributed by atoms with Crippen LogP contribution in [0.25, 0.3) is 0 Å². The monoisotopic (exact) mass is 429 g/mol. The zero-order valence-electron chi connectivity index (χ0n) is 17.4. The minimum absolute atomic E-state index is 0.0279. The van der Waals surface area contributed by atoms with E-state index >= 15 is 0 Å². The van der Waals surface area contributed by atoms with Gasteiger partial charge in [0.25, 0.3) is 0 Å². The van der Waals surface area contributed by atoms with Gasteiger partial charge in [0.1, 0.15) is 5.75 Å². The van der Waals surface area contributed by atoms with E-state index in [4.69, 9.17) is 16.3 Å². The van der Waals surface area contributed by atoms with Crippen molar-refractivity contribution < 1.29 is 14.3 Å². The van der Waals surface area contributed by atoms with Crippen LogP contribution >= 0.6 is 11.6 Å². The molecule has 3 rings (SSSR count). The SMILES string of the molecule is CN(C)c1c(Cl)cccc1NC(=O)C1CCN(C(=O)CCOc2ccccc2)CC1. The van der Waals surface area contributed by atoms with Crippen molar-refractivity contribution >= 4 is 34.8 Å². The lowest BCUT2D eigenvalue weighted by atomic mass is 9.95. The Balaban J connectivity index is 1.46. The fourth-order valence-electron chi connectivity index (χ4n) is 3.63. The number of piperidine rings is 1. The molecule has 2 aromatic rings. The number of para-hydroxylation sites is 2. The van der Waals surface area contributed by atoms with Gasteiger partial charge >= 0.3 is 0 Å². The van der Waals surface area contributed by atoms with Crippen LogP contribution in [0.1, 0.15) is 19.3 Å². The van der Waals surface area contributed by atoms with Gasteiger partial charge in [-0.15, -0.1) is 0 Å². The number of benzene rings is 2. The Morgan fingerprint density at radius 1 is 1.10 bits per heavy atom. The number of likely N-dealkylation sites (tertiary alicyclic amines) is 1. The number of halogens is 1. The molecule has 160 valence electrons. The van der Waals surface area contributed by atoms with Gasteiger partial charge in [-0.05, 0) is 37.1 Å². The molecule has 2 amide bonds.